The van der Waals surface area contributed by atoms with Gasteiger partial charge >= 0.3 is 0 Å². The second-order valence-electron chi connectivity index (χ2n) is 8.22. The van der Waals surface area contributed by atoms with Gasteiger partial charge in [0.15, 0.2) is 5.96 Å². The van der Waals surface area contributed by atoms with Crippen LogP contribution in [0.4, 0.5) is 0 Å². The minimum Gasteiger partial charge on any atom is -0.357 e. The summed E-state index contributed by atoms with van der Waals surface area (Å²) >= 11 is 0. The maximum absolute atomic E-state index is 4.95. The van der Waals surface area contributed by atoms with E-state index in [0.29, 0.717) is 5.41 Å². The van der Waals surface area contributed by atoms with Crippen molar-refractivity contribution in [2.24, 2.45) is 10.4 Å². The monoisotopic (exact) mass is 334 g/mol. The van der Waals surface area contributed by atoms with E-state index in [-0.39, 0.29) is 0 Å². The summed E-state index contributed by atoms with van der Waals surface area (Å²) < 4.78 is 0. The molecule has 0 unspecified atom stereocenters. The second kappa shape index (κ2) is 9.07. The third kappa shape index (κ3) is 4.87. The van der Waals surface area contributed by atoms with Crippen LogP contribution in [0.15, 0.2) is 4.99 Å². The first-order valence-electron chi connectivity index (χ1n) is 10.6. The van der Waals surface area contributed by atoms with Crippen LogP contribution in [-0.2, 0) is 0 Å². The maximum atomic E-state index is 4.95. The molecule has 3 fully saturated rings. The highest BCUT2D eigenvalue weighted by atomic mass is 15.3. The van der Waals surface area contributed by atoms with E-state index >= 15 is 0 Å². The molecule has 0 aromatic carbocycles. The van der Waals surface area contributed by atoms with E-state index in [1.165, 1.54) is 103 Å². The Morgan fingerprint density at radius 2 is 1.75 bits per heavy atom. The second-order valence-corrected chi connectivity index (χ2v) is 8.22. The van der Waals surface area contributed by atoms with Crippen molar-refractivity contribution in [1.82, 2.24) is 15.1 Å². The SMILES string of the molecule is CCNC(=NCCCCN1CCCC1)N1CCC2(CCCCC2)C1. The maximum Gasteiger partial charge on any atom is 0.193 e. The van der Waals surface area contributed by atoms with Crippen molar-refractivity contribution in [2.75, 3.05) is 45.8 Å². The molecule has 1 spiro atoms. The Labute approximate surface area is 149 Å². The van der Waals surface area contributed by atoms with Crippen molar-refractivity contribution < 1.29 is 0 Å². The topological polar surface area (TPSA) is 30.9 Å². The standard InChI is InChI=1S/C20H38N4/c1-2-21-19(22-13-6-7-14-23-15-8-9-16-23)24-17-12-20(18-24)10-4-3-5-11-20/h2-18H2,1H3,(H,21,22). The number of rotatable bonds is 6. The number of hydrogen-bond donors (Lipinski definition) is 1. The van der Waals surface area contributed by atoms with Crippen molar-refractivity contribution in [1.29, 1.82) is 0 Å². The third-order valence-corrected chi connectivity index (χ3v) is 6.33. The summed E-state index contributed by atoms with van der Waals surface area (Å²) in [6, 6.07) is 0. The molecule has 2 aliphatic heterocycles. The summed E-state index contributed by atoms with van der Waals surface area (Å²) in [7, 11) is 0. The molecule has 0 aromatic heterocycles. The zero-order valence-corrected chi connectivity index (χ0v) is 15.9. The van der Waals surface area contributed by atoms with Gasteiger partial charge in [-0.3, -0.25) is 4.99 Å². The summed E-state index contributed by atoms with van der Waals surface area (Å²) in [6.45, 7) is 10.5. The van der Waals surface area contributed by atoms with Crippen LogP contribution < -0.4 is 5.32 Å². The number of aliphatic imine (C=N–C) groups is 1. The fourth-order valence-electron chi connectivity index (χ4n) is 4.89. The molecule has 0 bridgehead atoms. The largest absolute Gasteiger partial charge is 0.357 e. The molecule has 4 heteroatoms. The van der Waals surface area contributed by atoms with E-state index in [1.807, 2.05) is 0 Å². The molecule has 138 valence electrons. The quantitative estimate of drug-likeness (QED) is 0.458. The van der Waals surface area contributed by atoms with Crippen LogP contribution in [0.5, 0.6) is 0 Å². The number of nitrogens with one attached hydrogen (secondary N) is 1. The van der Waals surface area contributed by atoms with Gasteiger partial charge in [-0.05, 0) is 76.9 Å². The highest BCUT2D eigenvalue weighted by Gasteiger charge is 2.39. The summed E-state index contributed by atoms with van der Waals surface area (Å²) in [4.78, 5) is 10.1. The lowest BCUT2D eigenvalue weighted by Crippen LogP contribution is -2.41. The molecule has 0 amide bonds. The Hall–Kier alpha value is -0.770. The molecule has 0 aromatic rings. The third-order valence-electron chi connectivity index (χ3n) is 6.33. The minimum atomic E-state index is 0.615. The van der Waals surface area contributed by atoms with Crippen molar-refractivity contribution in [3.05, 3.63) is 0 Å². The Morgan fingerprint density at radius 1 is 0.958 bits per heavy atom. The first-order valence-corrected chi connectivity index (χ1v) is 10.6. The fraction of sp³-hybridized carbons (Fsp3) is 0.950. The first-order chi connectivity index (χ1) is 11.8. The lowest BCUT2D eigenvalue weighted by molar-refractivity contribution is 0.203. The van der Waals surface area contributed by atoms with Gasteiger partial charge in [-0.15, -0.1) is 0 Å². The van der Waals surface area contributed by atoms with E-state index in [1.54, 1.807) is 0 Å². The van der Waals surface area contributed by atoms with Crippen LogP contribution in [-0.4, -0.2) is 61.6 Å². The van der Waals surface area contributed by atoms with Crippen LogP contribution in [0.25, 0.3) is 0 Å². The number of nitrogens with zero attached hydrogens (tertiary/aromatic N) is 3. The van der Waals surface area contributed by atoms with Gasteiger partial charge in [-0.2, -0.15) is 0 Å². The lowest BCUT2D eigenvalue weighted by atomic mass is 9.73. The van der Waals surface area contributed by atoms with Gasteiger partial charge in [-0.25, -0.2) is 0 Å². The van der Waals surface area contributed by atoms with E-state index in [9.17, 15) is 0 Å². The first kappa shape index (κ1) is 18.0. The van der Waals surface area contributed by atoms with Crippen LogP contribution in [0.2, 0.25) is 0 Å². The van der Waals surface area contributed by atoms with Crippen molar-refractivity contribution in [3.8, 4) is 0 Å². The van der Waals surface area contributed by atoms with Gasteiger partial charge in [0.1, 0.15) is 0 Å². The predicted octanol–water partition coefficient (Wildman–Crippen LogP) is 3.48. The van der Waals surface area contributed by atoms with Crippen molar-refractivity contribution in [2.45, 2.75) is 71.1 Å². The smallest absolute Gasteiger partial charge is 0.193 e. The highest BCUT2D eigenvalue weighted by Crippen LogP contribution is 2.43. The highest BCUT2D eigenvalue weighted by molar-refractivity contribution is 5.80. The fourth-order valence-corrected chi connectivity index (χ4v) is 4.89. The van der Waals surface area contributed by atoms with Crippen LogP contribution >= 0.6 is 0 Å². The Bertz CT molecular complexity index is 394. The Kier molecular flexibility index (Phi) is 6.82. The number of unbranched alkanes of at least 4 members (excludes halogenated alkanes) is 1. The zero-order valence-electron chi connectivity index (χ0n) is 15.9. The predicted molar refractivity (Wildman–Crippen MR) is 103 cm³/mol. The van der Waals surface area contributed by atoms with Gasteiger partial charge in [0.25, 0.3) is 0 Å². The summed E-state index contributed by atoms with van der Waals surface area (Å²) in [6.07, 6.45) is 13.9. The molecule has 3 rings (SSSR count). The molecular formula is C20H38N4. The minimum absolute atomic E-state index is 0.615. The van der Waals surface area contributed by atoms with Crippen molar-refractivity contribution in [3.63, 3.8) is 0 Å². The number of guanidine groups is 1. The van der Waals surface area contributed by atoms with E-state index in [2.05, 4.69) is 22.0 Å². The van der Waals surface area contributed by atoms with Crippen LogP contribution in [0.3, 0.4) is 0 Å². The van der Waals surface area contributed by atoms with E-state index < -0.39 is 0 Å². The molecule has 1 saturated carbocycles. The molecule has 1 N–H and O–H groups in total. The van der Waals surface area contributed by atoms with Gasteiger partial charge in [-0.1, -0.05) is 19.3 Å². The lowest BCUT2D eigenvalue weighted by Gasteiger charge is -2.33. The van der Waals surface area contributed by atoms with Crippen molar-refractivity contribution >= 4 is 5.96 Å². The average Bonchev–Trinajstić information content (AvgIpc) is 3.25. The molecule has 4 nitrogen and oxygen atoms in total. The molecular weight excluding hydrogens is 296 g/mol. The Morgan fingerprint density at radius 3 is 2.50 bits per heavy atom. The average molecular weight is 335 g/mol. The molecule has 2 heterocycles. The molecule has 2 saturated heterocycles. The summed E-state index contributed by atoms with van der Waals surface area (Å²) in [5.74, 6) is 1.18. The summed E-state index contributed by atoms with van der Waals surface area (Å²) in [5, 5.41) is 3.54. The zero-order chi connectivity index (χ0) is 16.7. The van der Waals surface area contributed by atoms with Gasteiger partial charge in [0.05, 0.1) is 0 Å². The van der Waals surface area contributed by atoms with Gasteiger partial charge in [0.2, 0.25) is 0 Å². The molecule has 3 aliphatic rings. The number of hydrogen-bond acceptors (Lipinski definition) is 2. The van der Waals surface area contributed by atoms with E-state index in [4.69, 9.17) is 4.99 Å². The Balaban J connectivity index is 1.43. The molecule has 0 atom stereocenters. The molecule has 0 radical (unpaired) electrons. The normalized spacial score (nSPS) is 24.9. The van der Waals surface area contributed by atoms with E-state index in [0.717, 1.165) is 13.1 Å². The van der Waals surface area contributed by atoms with Gasteiger partial charge < -0.3 is 15.1 Å². The van der Waals surface area contributed by atoms with Crippen LogP contribution in [0.1, 0.15) is 71.1 Å². The summed E-state index contributed by atoms with van der Waals surface area (Å²) in [5.41, 5.74) is 0.615. The van der Waals surface area contributed by atoms with Gasteiger partial charge in [0, 0.05) is 26.2 Å². The number of likely N-dealkylation sites (tertiary alicyclic amines) is 2. The molecule has 1 aliphatic carbocycles. The molecule has 24 heavy (non-hydrogen) atoms. The van der Waals surface area contributed by atoms with Crippen LogP contribution in [0, 0.1) is 5.41 Å².